The van der Waals surface area contributed by atoms with Crippen LogP contribution >= 0.6 is 0 Å². The first-order valence-corrected chi connectivity index (χ1v) is 3.70. The molecule has 0 bridgehead atoms. The Morgan fingerprint density at radius 2 is 1.15 bits per heavy atom. The van der Waals surface area contributed by atoms with Gasteiger partial charge in [0.25, 0.3) is 0 Å². The van der Waals surface area contributed by atoms with Crippen molar-refractivity contribution < 1.29 is 30.0 Å². The molecule has 0 heterocycles. The van der Waals surface area contributed by atoms with Gasteiger partial charge in [0.2, 0.25) is 0 Å². The maximum Gasteiger partial charge on any atom is 0.303 e. The number of hydrogen-bond donors (Lipinski definition) is 4. The van der Waals surface area contributed by atoms with Gasteiger partial charge in [-0.25, -0.2) is 0 Å². The summed E-state index contributed by atoms with van der Waals surface area (Å²) in [5.74, 6) is -2.15. The fraction of sp³-hybridized carbons (Fsp3) is 0.714. The number of aliphatic hydroxyl groups is 2. The van der Waals surface area contributed by atoms with Crippen molar-refractivity contribution in [1.29, 1.82) is 0 Å². The van der Waals surface area contributed by atoms with Crippen LogP contribution in [0.2, 0.25) is 0 Å². The predicted molar refractivity (Wildman–Crippen MR) is 43.3 cm³/mol. The molecule has 6 heteroatoms. The Balaban J connectivity index is 0. The molecule has 0 amide bonds. The van der Waals surface area contributed by atoms with Gasteiger partial charge in [-0.1, -0.05) is 0 Å². The number of carboxylic acids is 2. The molecule has 0 unspecified atom stereocenters. The number of carbonyl (C=O) groups is 2. The zero-order valence-electron chi connectivity index (χ0n) is 7.14. The van der Waals surface area contributed by atoms with Crippen molar-refractivity contribution in [3.05, 3.63) is 0 Å². The summed E-state index contributed by atoms with van der Waals surface area (Å²) in [4.78, 5) is 19.3. The second-order valence-corrected chi connectivity index (χ2v) is 2.09. The van der Waals surface area contributed by atoms with Crippen LogP contribution in [0.15, 0.2) is 0 Å². The molecule has 0 atom stereocenters. The van der Waals surface area contributed by atoms with E-state index in [2.05, 4.69) is 0 Å². The van der Waals surface area contributed by atoms with Crippen LogP contribution in [0.25, 0.3) is 0 Å². The van der Waals surface area contributed by atoms with Crippen LogP contribution < -0.4 is 0 Å². The molecular weight excluding hydrogens is 180 g/mol. The van der Waals surface area contributed by atoms with E-state index < -0.39 is 11.9 Å². The lowest BCUT2D eigenvalue weighted by molar-refractivity contribution is -0.143. The van der Waals surface area contributed by atoms with E-state index in [0.717, 1.165) is 0 Å². The van der Waals surface area contributed by atoms with Crippen LogP contribution in [0, 0.1) is 0 Å². The van der Waals surface area contributed by atoms with Crippen molar-refractivity contribution in [2.45, 2.75) is 19.3 Å². The van der Waals surface area contributed by atoms with Crippen LogP contribution in [0.5, 0.6) is 0 Å². The third kappa shape index (κ3) is 24.8. The van der Waals surface area contributed by atoms with E-state index in [0.29, 0.717) is 6.42 Å². The molecule has 0 saturated carbocycles. The molecule has 13 heavy (non-hydrogen) atoms. The second kappa shape index (κ2) is 10.9. The van der Waals surface area contributed by atoms with Crippen LogP contribution in [0.3, 0.4) is 0 Å². The number of aliphatic carboxylic acids is 2. The third-order valence-corrected chi connectivity index (χ3v) is 0.869. The van der Waals surface area contributed by atoms with Gasteiger partial charge in [-0.2, -0.15) is 0 Å². The SMILES string of the molecule is O=C(O)CCC(=O)O.OCCCO. The predicted octanol–water partition coefficient (Wildman–Crippen LogP) is -0.703. The van der Waals surface area contributed by atoms with E-state index >= 15 is 0 Å². The van der Waals surface area contributed by atoms with Gasteiger partial charge in [-0.15, -0.1) is 0 Å². The summed E-state index contributed by atoms with van der Waals surface area (Å²) >= 11 is 0. The molecule has 6 nitrogen and oxygen atoms in total. The van der Waals surface area contributed by atoms with Gasteiger partial charge in [0.15, 0.2) is 0 Å². The van der Waals surface area contributed by atoms with Gasteiger partial charge < -0.3 is 20.4 Å². The second-order valence-electron chi connectivity index (χ2n) is 2.09. The first-order chi connectivity index (χ1) is 6.04. The first kappa shape index (κ1) is 14.4. The van der Waals surface area contributed by atoms with Crippen LogP contribution in [0.4, 0.5) is 0 Å². The van der Waals surface area contributed by atoms with Gasteiger partial charge in [-0.05, 0) is 6.42 Å². The van der Waals surface area contributed by atoms with Crippen molar-refractivity contribution in [1.82, 2.24) is 0 Å². The standard InChI is InChI=1S/C4H6O4.C3H8O2/c5-3(6)1-2-4(7)8;4-2-1-3-5/h1-2H2,(H,5,6)(H,7,8);4-5H,1-3H2. The monoisotopic (exact) mass is 194 g/mol. The van der Waals surface area contributed by atoms with Gasteiger partial charge in [-0.3, -0.25) is 9.59 Å². The molecule has 4 N–H and O–H groups in total. The summed E-state index contributed by atoms with van der Waals surface area (Å²) in [7, 11) is 0. The molecule has 78 valence electrons. The molecule has 0 aromatic carbocycles. The molecule has 0 aliphatic carbocycles. The van der Waals surface area contributed by atoms with Crippen molar-refractivity contribution >= 4 is 11.9 Å². The Morgan fingerprint density at radius 3 is 1.23 bits per heavy atom. The van der Waals surface area contributed by atoms with Crippen molar-refractivity contribution in [3.8, 4) is 0 Å². The van der Waals surface area contributed by atoms with Crippen molar-refractivity contribution in [2.75, 3.05) is 13.2 Å². The average Bonchev–Trinajstić information content (AvgIpc) is 2.03. The first-order valence-electron chi connectivity index (χ1n) is 3.70. The fourth-order valence-electron chi connectivity index (χ4n) is 0.285. The Hall–Kier alpha value is -1.14. The van der Waals surface area contributed by atoms with Crippen molar-refractivity contribution in [3.63, 3.8) is 0 Å². The number of aliphatic hydroxyl groups excluding tert-OH is 2. The van der Waals surface area contributed by atoms with E-state index in [1.807, 2.05) is 0 Å². The highest BCUT2D eigenvalue weighted by atomic mass is 16.4. The van der Waals surface area contributed by atoms with E-state index in [4.69, 9.17) is 20.4 Å². The Kier molecular flexibility index (Phi) is 12.0. The molecule has 0 saturated heterocycles. The summed E-state index contributed by atoms with van der Waals surface area (Å²) in [6.07, 6.45) is -0.0926. The van der Waals surface area contributed by atoms with Gasteiger partial charge >= 0.3 is 11.9 Å². The van der Waals surface area contributed by atoms with E-state index in [1.54, 1.807) is 0 Å². The Morgan fingerprint density at radius 1 is 0.846 bits per heavy atom. The molecule has 0 rings (SSSR count). The summed E-state index contributed by atoms with van der Waals surface area (Å²) in [5.41, 5.74) is 0. The van der Waals surface area contributed by atoms with Gasteiger partial charge in [0.05, 0.1) is 12.8 Å². The molecule has 0 aliphatic heterocycles. The molecule has 0 aliphatic rings. The zero-order chi connectivity index (χ0) is 10.7. The maximum absolute atomic E-state index is 9.64. The minimum atomic E-state index is -1.08. The lowest BCUT2D eigenvalue weighted by Gasteiger charge is -1.85. The summed E-state index contributed by atoms with van der Waals surface area (Å²) < 4.78 is 0. The van der Waals surface area contributed by atoms with Crippen LogP contribution in [-0.2, 0) is 9.59 Å². The average molecular weight is 194 g/mol. The quantitative estimate of drug-likeness (QED) is 0.460. The van der Waals surface area contributed by atoms with E-state index in [9.17, 15) is 9.59 Å². The van der Waals surface area contributed by atoms with E-state index in [-0.39, 0.29) is 26.1 Å². The molecule has 0 radical (unpaired) electrons. The lowest BCUT2D eigenvalue weighted by Crippen LogP contribution is -2.00. The lowest BCUT2D eigenvalue weighted by atomic mass is 10.3. The molecule has 0 aromatic rings. The fourth-order valence-corrected chi connectivity index (χ4v) is 0.285. The summed E-state index contributed by atoms with van der Waals surface area (Å²) in [6.45, 7) is 0.188. The zero-order valence-corrected chi connectivity index (χ0v) is 7.14. The van der Waals surface area contributed by atoms with E-state index in [1.165, 1.54) is 0 Å². The van der Waals surface area contributed by atoms with Crippen LogP contribution in [0.1, 0.15) is 19.3 Å². The maximum atomic E-state index is 9.64. The molecule has 0 spiro atoms. The van der Waals surface area contributed by atoms with Crippen molar-refractivity contribution in [2.24, 2.45) is 0 Å². The third-order valence-electron chi connectivity index (χ3n) is 0.869. The number of carboxylic acid groups (broad SMARTS) is 2. The largest absolute Gasteiger partial charge is 0.481 e. The Bertz CT molecular complexity index is 128. The summed E-state index contributed by atoms with van der Waals surface area (Å²) in [6, 6.07) is 0. The summed E-state index contributed by atoms with van der Waals surface area (Å²) in [5, 5.41) is 31.6. The molecule has 0 fully saturated rings. The normalized spacial score (nSPS) is 8.46. The minimum Gasteiger partial charge on any atom is -0.481 e. The highest BCUT2D eigenvalue weighted by molar-refractivity contribution is 5.75. The highest BCUT2D eigenvalue weighted by Crippen LogP contribution is 1.86. The van der Waals surface area contributed by atoms with Gasteiger partial charge in [0, 0.05) is 13.2 Å². The Labute approximate surface area is 75.4 Å². The number of hydrogen-bond acceptors (Lipinski definition) is 4. The molecule has 0 aromatic heterocycles. The topological polar surface area (TPSA) is 115 Å². The minimum absolute atomic E-state index is 0.0938. The highest BCUT2D eigenvalue weighted by Gasteiger charge is 2.00. The smallest absolute Gasteiger partial charge is 0.303 e. The van der Waals surface area contributed by atoms with Crippen LogP contribution in [-0.4, -0.2) is 45.6 Å². The van der Waals surface area contributed by atoms with Gasteiger partial charge in [0.1, 0.15) is 0 Å². The molecular formula is C7H14O6. The number of rotatable bonds is 5.